The molecule has 210 valence electrons. The van der Waals surface area contributed by atoms with Gasteiger partial charge < -0.3 is 25.0 Å². The van der Waals surface area contributed by atoms with Crippen LogP contribution in [0.3, 0.4) is 0 Å². The van der Waals surface area contributed by atoms with Gasteiger partial charge in [-0.1, -0.05) is 34.1 Å². The Morgan fingerprint density at radius 3 is 2.22 bits per heavy atom. The van der Waals surface area contributed by atoms with E-state index in [9.17, 15) is 19.2 Å². The molecule has 11 heteroatoms. The summed E-state index contributed by atoms with van der Waals surface area (Å²) in [4.78, 5) is 56.4. The van der Waals surface area contributed by atoms with Gasteiger partial charge >= 0.3 is 12.1 Å². The molecule has 37 heavy (non-hydrogen) atoms. The lowest BCUT2D eigenvalue weighted by Gasteiger charge is -2.37. The Hall–Kier alpha value is -2.69. The van der Waals surface area contributed by atoms with E-state index in [4.69, 9.17) is 9.47 Å². The molecule has 0 bridgehead atoms. The number of nitrogens with one attached hydrogen (secondary N) is 2. The Balaban J connectivity index is 3.22. The summed E-state index contributed by atoms with van der Waals surface area (Å²) in [5, 5.41) is 7.82. The van der Waals surface area contributed by atoms with Crippen molar-refractivity contribution in [3.05, 3.63) is 16.1 Å². The monoisotopic (exact) mass is 540 g/mol. The van der Waals surface area contributed by atoms with Crippen LogP contribution in [0.25, 0.3) is 0 Å². The number of hydrogen-bond donors (Lipinski definition) is 2. The van der Waals surface area contributed by atoms with Gasteiger partial charge in [-0.3, -0.25) is 9.59 Å². The van der Waals surface area contributed by atoms with E-state index in [0.717, 1.165) is 0 Å². The first kappa shape index (κ1) is 32.3. The minimum atomic E-state index is -0.777. The van der Waals surface area contributed by atoms with Crippen molar-refractivity contribution in [3.8, 4) is 0 Å². The predicted molar refractivity (Wildman–Crippen MR) is 143 cm³/mol. The number of rotatable bonds is 12. The van der Waals surface area contributed by atoms with Gasteiger partial charge in [-0.05, 0) is 46.0 Å². The van der Waals surface area contributed by atoms with Gasteiger partial charge in [-0.15, -0.1) is 11.3 Å². The Kier molecular flexibility index (Phi) is 12.5. The number of hydrogen-bond acceptors (Lipinski definition) is 8. The molecule has 3 amide bonds. The molecule has 0 aliphatic rings. The van der Waals surface area contributed by atoms with Crippen LogP contribution in [0, 0.1) is 11.8 Å². The Labute approximate surface area is 224 Å². The Morgan fingerprint density at radius 2 is 1.73 bits per heavy atom. The van der Waals surface area contributed by atoms with Crippen molar-refractivity contribution in [2.75, 3.05) is 13.7 Å². The number of carbonyl (C=O) groups is 4. The number of amides is 3. The van der Waals surface area contributed by atoms with E-state index in [0.29, 0.717) is 17.8 Å². The molecule has 0 fully saturated rings. The molecular formula is C26H44N4O6S. The van der Waals surface area contributed by atoms with Gasteiger partial charge in [0.05, 0.1) is 12.6 Å². The topological polar surface area (TPSA) is 127 Å². The second-order valence-corrected chi connectivity index (χ2v) is 11.4. The van der Waals surface area contributed by atoms with Gasteiger partial charge in [0.1, 0.15) is 16.7 Å². The van der Waals surface area contributed by atoms with E-state index in [2.05, 4.69) is 15.6 Å². The highest BCUT2D eigenvalue weighted by Crippen LogP contribution is 2.28. The van der Waals surface area contributed by atoms with Crippen LogP contribution >= 0.6 is 11.3 Å². The van der Waals surface area contributed by atoms with Crippen molar-refractivity contribution >= 4 is 35.2 Å². The average molecular weight is 541 g/mol. The molecule has 10 nitrogen and oxygen atoms in total. The van der Waals surface area contributed by atoms with Crippen LogP contribution in [0.2, 0.25) is 0 Å². The lowest BCUT2D eigenvalue weighted by molar-refractivity contribution is -0.136. The van der Waals surface area contributed by atoms with Gasteiger partial charge in [-0.2, -0.15) is 0 Å². The van der Waals surface area contributed by atoms with E-state index in [-0.39, 0.29) is 42.0 Å². The van der Waals surface area contributed by atoms with Crippen LogP contribution in [-0.4, -0.2) is 65.1 Å². The number of nitrogens with zero attached hydrogens (tertiary/aromatic N) is 2. The fraction of sp³-hybridized carbons (Fsp3) is 0.731. The molecule has 1 aromatic heterocycles. The smallest absolute Gasteiger partial charge is 0.408 e. The molecule has 0 aliphatic carbocycles. The van der Waals surface area contributed by atoms with Crippen LogP contribution in [0.15, 0.2) is 5.38 Å². The Morgan fingerprint density at radius 1 is 1.11 bits per heavy atom. The molecule has 0 aromatic carbocycles. The first-order valence-electron chi connectivity index (χ1n) is 12.8. The molecule has 0 radical (unpaired) electrons. The van der Waals surface area contributed by atoms with E-state index in [1.165, 1.54) is 18.3 Å². The molecule has 4 atom stereocenters. The van der Waals surface area contributed by atoms with E-state index in [1.54, 1.807) is 45.0 Å². The standard InChI is InChI=1S/C26H44N4O6S/c1-11-16(5)21(29-25(34)36-26(7,8)9)23(32)30(10)20(15(3)4)13-18(27-17(6)31)22-28-19(14-37-22)24(33)35-12-2/h14-16,18,20-21H,11-13H2,1-10H3,(H,27,31)(H,29,34). The van der Waals surface area contributed by atoms with Crippen LogP contribution in [0.4, 0.5) is 4.79 Å². The highest BCUT2D eigenvalue weighted by molar-refractivity contribution is 7.09. The van der Waals surface area contributed by atoms with Crippen molar-refractivity contribution in [1.82, 2.24) is 20.5 Å². The zero-order chi connectivity index (χ0) is 28.5. The number of carbonyl (C=O) groups excluding carboxylic acids is 4. The molecule has 2 N–H and O–H groups in total. The van der Waals surface area contributed by atoms with Crippen LogP contribution in [0.5, 0.6) is 0 Å². The summed E-state index contributed by atoms with van der Waals surface area (Å²) < 4.78 is 10.4. The van der Waals surface area contributed by atoms with Crippen molar-refractivity contribution in [2.45, 2.75) is 98.9 Å². The number of thiazole rings is 1. The summed E-state index contributed by atoms with van der Waals surface area (Å²) in [7, 11) is 1.70. The summed E-state index contributed by atoms with van der Waals surface area (Å²) in [6.07, 6.45) is 0.400. The van der Waals surface area contributed by atoms with Crippen molar-refractivity contribution in [1.29, 1.82) is 0 Å². The lowest BCUT2D eigenvalue weighted by Crippen LogP contribution is -2.55. The van der Waals surface area contributed by atoms with E-state index >= 15 is 0 Å². The number of ether oxygens (including phenoxy) is 2. The summed E-state index contributed by atoms with van der Waals surface area (Å²) >= 11 is 1.25. The number of likely N-dealkylation sites (N-methyl/N-ethyl adjacent to an activating group) is 1. The Bertz CT molecular complexity index is 926. The number of alkyl carbamates (subject to hydrolysis) is 1. The van der Waals surface area contributed by atoms with Crippen molar-refractivity contribution in [3.63, 3.8) is 0 Å². The third-order valence-electron chi connectivity index (χ3n) is 5.93. The SMILES string of the molecule is CCOC(=O)c1csc(C(CC(C(C)C)N(C)C(=O)C(NC(=O)OC(C)(C)C)C(C)CC)NC(C)=O)n1. The average Bonchev–Trinajstić information content (AvgIpc) is 3.27. The first-order chi connectivity index (χ1) is 17.1. The van der Waals surface area contributed by atoms with Crippen LogP contribution in [-0.2, 0) is 19.1 Å². The number of esters is 1. The molecular weight excluding hydrogens is 496 g/mol. The highest BCUT2D eigenvalue weighted by atomic mass is 32.1. The van der Waals surface area contributed by atoms with Crippen LogP contribution in [0.1, 0.15) is 96.7 Å². The molecule has 4 unspecified atom stereocenters. The molecule has 0 aliphatic heterocycles. The zero-order valence-electron chi connectivity index (χ0n) is 23.8. The van der Waals surface area contributed by atoms with Crippen molar-refractivity contribution in [2.24, 2.45) is 11.8 Å². The second kappa shape index (κ2) is 14.3. The largest absolute Gasteiger partial charge is 0.461 e. The molecule has 1 aromatic rings. The third-order valence-corrected chi connectivity index (χ3v) is 6.88. The van der Waals surface area contributed by atoms with Gasteiger partial charge in [0.2, 0.25) is 11.8 Å². The molecule has 1 rings (SSSR count). The van der Waals surface area contributed by atoms with Gasteiger partial charge in [-0.25, -0.2) is 14.6 Å². The van der Waals surface area contributed by atoms with Gasteiger partial charge in [0, 0.05) is 25.4 Å². The molecule has 0 spiro atoms. The molecule has 0 saturated carbocycles. The molecule has 1 heterocycles. The van der Waals surface area contributed by atoms with E-state index in [1.807, 2.05) is 27.7 Å². The normalized spacial score (nSPS) is 14.8. The molecule has 0 saturated heterocycles. The highest BCUT2D eigenvalue weighted by Gasteiger charge is 2.35. The maximum atomic E-state index is 13.7. The third kappa shape index (κ3) is 10.3. The summed E-state index contributed by atoms with van der Waals surface area (Å²) in [5.74, 6) is -1.13. The predicted octanol–water partition coefficient (Wildman–Crippen LogP) is 4.31. The first-order valence-corrected chi connectivity index (χ1v) is 13.6. The number of aromatic nitrogens is 1. The summed E-state index contributed by atoms with van der Waals surface area (Å²) in [6, 6.07) is -1.60. The lowest BCUT2D eigenvalue weighted by atomic mass is 9.92. The maximum Gasteiger partial charge on any atom is 0.408 e. The summed E-state index contributed by atoms with van der Waals surface area (Å²) in [5.41, 5.74) is -0.512. The minimum absolute atomic E-state index is 0.0220. The maximum absolute atomic E-state index is 13.7. The fourth-order valence-corrected chi connectivity index (χ4v) is 4.68. The van der Waals surface area contributed by atoms with Gasteiger partial charge in [0.15, 0.2) is 5.69 Å². The fourth-order valence-electron chi connectivity index (χ4n) is 3.83. The summed E-state index contributed by atoms with van der Waals surface area (Å²) in [6.45, 7) is 16.5. The quantitative estimate of drug-likeness (QED) is 0.378. The second-order valence-electron chi connectivity index (χ2n) is 10.6. The van der Waals surface area contributed by atoms with E-state index < -0.39 is 29.7 Å². The van der Waals surface area contributed by atoms with Gasteiger partial charge in [0.25, 0.3) is 0 Å². The zero-order valence-corrected chi connectivity index (χ0v) is 24.7. The minimum Gasteiger partial charge on any atom is -0.461 e. The van der Waals surface area contributed by atoms with Crippen LogP contribution < -0.4 is 10.6 Å². The van der Waals surface area contributed by atoms with Crippen molar-refractivity contribution < 1.29 is 28.7 Å².